The summed E-state index contributed by atoms with van der Waals surface area (Å²) < 4.78 is 7.14. The van der Waals surface area contributed by atoms with Gasteiger partial charge in [0.2, 0.25) is 0 Å². The van der Waals surface area contributed by atoms with Gasteiger partial charge in [0.15, 0.2) is 5.82 Å². The third kappa shape index (κ3) is 4.80. The summed E-state index contributed by atoms with van der Waals surface area (Å²) in [6, 6.07) is 18.3. The maximum absolute atomic E-state index is 12.9. The zero-order valence-corrected chi connectivity index (χ0v) is 18.8. The molecular weight excluding hydrogens is 416 g/mol. The predicted molar refractivity (Wildman–Crippen MR) is 126 cm³/mol. The van der Waals surface area contributed by atoms with Crippen molar-refractivity contribution >= 4 is 10.9 Å². The minimum atomic E-state index is -0.0670. The molecule has 170 valence electrons. The van der Waals surface area contributed by atoms with Gasteiger partial charge in [-0.2, -0.15) is 0 Å². The van der Waals surface area contributed by atoms with E-state index in [9.17, 15) is 4.79 Å². The number of methoxy groups -OCH3 is 1. The van der Waals surface area contributed by atoms with Crippen molar-refractivity contribution in [2.75, 3.05) is 7.11 Å². The van der Waals surface area contributed by atoms with Crippen molar-refractivity contribution in [2.24, 2.45) is 0 Å². The molecule has 0 aliphatic heterocycles. The van der Waals surface area contributed by atoms with E-state index in [0.717, 1.165) is 46.4 Å². The van der Waals surface area contributed by atoms with Crippen molar-refractivity contribution < 1.29 is 4.74 Å². The van der Waals surface area contributed by atoms with Crippen LogP contribution in [0.4, 0.5) is 0 Å². The van der Waals surface area contributed by atoms with Crippen molar-refractivity contribution in [3.8, 4) is 5.75 Å². The number of nitrogens with zero attached hydrogens (tertiary/aromatic N) is 5. The van der Waals surface area contributed by atoms with Crippen LogP contribution in [0.25, 0.3) is 10.9 Å². The number of pyridine rings is 1. The first kappa shape index (κ1) is 21.3. The molecule has 0 bridgehead atoms. The van der Waals surface area contributed by atoms with Crippen molar-refractivity contribution in [3.63, 3.8) is 0 Å². The molecule has 0 spiro atoms. The number of H-pyrrole nitrogens is 1. The normalized spacial score (nSPS) is 14.4. The van der Waals surface area contributed by atoms with E-state index in [1.165, 1.54) is 12.8 Å². The highest BCUT2D eigenvalue weighted by atomic mass is 16.5. The molecule has 0 unspecified atom stereocenters. The third-order valence-electron chi connectivity index (χ3n) is 6.47. The first-order chi connectivity index (χ1) is 16.2. The van der Waals surface area contributed by atoms with Gasteiger partial charge in [0.25, 0.3) is 5.56 Å². The fourth-order valence-electron chi connectivity index (χ4n) is 4.67. The van der Waals surface area contributed by atoms with Gasteiger partial charge in [-0.05, 0) is 52.4 Å². The molecule has 8 heteroatoms. The molecule has 1 aliphatic rings. The first-order valence-corrected chi connectivity index (χ1v) is 11.4. The van der Waals surface area contributed by atoms with E-state index in [-0.39, 0.29) is 5.56 Å². The second kappa shape index (κ2) is 9.54. The van der Waals surface area contributed by atoms with Crippen LogP contribution in [-0.4, -0.2) is 43.2 Å². The standard InChI is InChI=1S/C25H28N6O2/c1-33-22-12-11-19-13-20(25(32)26-23(19)14-22)16-30(21-9-5-6-10-21)17-24-27-28-29-31(24)15-18-7-3-2-4-8-18/h2-4,7-8,11-14,21H,5-6,9-10,15-17H2,1H3,(H,26,32). The summed E-state index contributed by atoms with van der Waals surface area (Å²) in [6.07, 6.45) is 4.68. The van der Waals surface area contributed by atoms with Gasteiger partial charge in [-0.15, -0.1) is 5.10 Å². The molecule has 8 nitrogen and oxygen atoms in total. The Balaban J connectivity index is 1.41. The molecule has 0 saturated heterocycles. The van der Waals surface area contributed by atoms with Crippen LogP contribution in [-0.2, 0) is 19.6 Å². The highest BCUT2D eigenvalue weighted by Crippen LogP contribution is 2.26. The van der Waals surface area contributed by atoms with E-state index < -0.39 is 0 Å². The van der Waals surface area contributed by atoms with Crippen LogP contribution in [0.15, 0.2) is 59.4 Å². The maximum atomic E-state index is 12.9. The van der Waals surface area contributed by atoms with Crippen LogP contribution in [0, 0.1) is 0 Å². The smallest absolute Gasteiger partial charge is 0.252 e. The third-order valence-corrected chi connectivity index (χ3v) is 6.47. The Hall–Kier alpha value is -3.52. The van der Waals surface area contributed by atoms with Gasteiger partial charge in [-0.3, -0.25) is 9.69 Å². The van der Waals surface area contributed by atoms with E-state index in [1.807, 2.05) is 47.1 Å². The molecule has 1 N–H and O–H groups in total. The molecule has 4 aromatic rings. The van der Waals surface area contributed by atoms with Gasteiger partial charge in [0.1, 0.15) is 5.75 Å². The van der Waals surface area contributed by atoms with Gasteiger partial charge in [0, 0.05) is 24.2 Å². The van der Waals surface area contributed by atoms with Crippen molar-refractivity contribution in [3.05, 3.63) is 81.9 Å². The SMILES string of the molecule is COc1ccc2cc(CN(Cc3nnnn3Cc3ccccc3)C3CCCC3)c(=O)[nH]c2c1. The molecule has 1 fully saturated rings. The van der Waals surface area contributed by atoms with Crippen molar-refractivity contribution in [2.45, 2.75) is 51.4 Å². The quantitative estimate of drug-likeness (QED) is 0.447. The topological polar surface area (TPSA) is 88.9 Å². The summed E-state index contributed by atoms with van der Waals surface area (Å²) in [5.74, 6) is 1.54. The Labute approximate surface area is 192 Å². The average Bonchev–Trinajstić information content (AvgIpc) is 3.52. The van der Waals surface area contributed by atoms with Crippen LogP contribution in [0.5, 0.6) is 5.75 Å². The van der Waals surface area contributed by atoms with Gasteiger partial charge < -0.3 is 9.72 Å². The van der Waals surface area contributed by atoms with Crippen LogP contribution >= 0.6 is 0 Å². The number of benzene rings is 2. The fourth-order valence-corrected chi connectivity index (χ4v) is 4.67. The van der Waals surface area contributed by atoms with E-state index >= 15 is 0 Å². The van der Waals surface area contributed by atoms with Crippen LogP contribution < -0.4 is 10.3 Å². The lowest BCUT2D eigenvalue weighted by Gasteiger charge is -2.28. The lowest BCUT2D eigenvalue weighted by Crippen LogP contribution is -2.35. The molecular formula is C25H28N6O2. The first-order valence-electron chi connectivity index (χ1n) is 11.4. The highest BCUT2D eigenvalue weighted by molar-refractivity contribution is 5.80. The predicted octanol–water partition coefficient (Wildman–Crippen LogP) is 3.52. The molecule has 1 saturated carbocycles. The van der Waals surface area contributed by atoms with E-state index in [4.69, 9.17) is 4.74 Å². The van der Waals surface area contributed by atoms with Crippen LogP contribution in [0.2, 0.25) is 0 Å². The number of aromatic nitrogens is 5. The zero-order valence-electron chi connectivity index (χ0n) is 18.8. The molecule has 2 heterocycles. The molecule has 1 aliphatic carbocycles. The van der Waals surface area contributed by atoms with Crippen molar-refractivity contribution in [1.29, 1.82) is 0 Å². The van der Waals surface area contributed by atoms with Gasteiger partial charge in [-0.25, -0.2) is 4.68 Å². The van der Waals surface area contributed by atoms with E-state index in [1.54, 1.807) is 7.11 Å². The highest BCUT2D eigenvalue weighted by Gasteiger charge is 2.25. The lowest BCUT2D eigenvalue weighted by molar-refractivity contribution is 0.172. The Morgan fingerprint density at radius 3 is 2.70 bits per heavy atom. The molecule has 0 radical (unpaired) electrons. The lowest BCUT2D eigenvalue weighted by atomic mass is 10.1. The average molecular weight is 445 g/mol. The zero-order chi connectivity index (χ0) is 22.6. The largest absolute Gasteiger partial charge is 0.497 e. The molecule has 33 heavy (non-hydrogen) atoms. The van der Waals surface area contributed by atoms with Crippen LogP contribution in [0.1, 0.15) is 42.6 Å². The molecule has 0 atom stereocenters. The monoisotopic (exact) mass is 444 g/mol. The molecule has 2 aromatic heterocycles. The second-order valence-corrected chi connectivity index (χ2v) is 8.66. The van der Waals surface area contributed by atoms with Crippen molar-refractivity contribution in [1.82, 2.24) is 30.1 Å². The molecule has 2 aromatic carbocycles. The summed E-state index contributed by atoms with van der Waals surface area (Å²) in [5, 5.41) is 13.5. The number of nitrogens with one attached hydrogen (secondary N) is 1. The second-order valence-electron chi connectivity index (χ2n) is 8.66. The summed E-state index contributed by atoms with van der Waals surface area (Å²) in [4.78, 5) is 18.3. The molecule has 0 amide bonds. The summed E-state index contributed by atoms with van der Waals surface area (Å²) in [6.45, 7) is 1.78. The number of rotatable bonds is 8. The summed E-state index contributed by atoms with van der Waals surface area (Å²) in [5.41, 5.74) is 2.62. The van der Waals surface area contributed by atoms with Crippen LogP contribution in [0.3, 0.4) is 0 Å². The molecule has 5 rings (SSSR count). The minimum Gasteiger partial charge on any atom is -0.497 e. The Morgan fingerprint density at radius 2 is 1.91 bits per heavy atom. The van der Waals surface area contributed by atoms with E-state index in [0.29, 0.717) is 25.7 Å². The number of fused-ring (bicyclic) bond motifs is 1. The van der Waals surface area contributed by atoms with Gasteiger partial charge >= 0.3 is 0 Å². The Bertz CT molecular complexity index is 1280. The maximum Gasteiger partial charge on any atom is 0.252 e. The fraction of sp³-hybridized carbons (Fsp3) is 0.360. The van der Waals surface area contributed by atoms with Gasteiger partial charge in [-0.1, -0.05) is 43.2 Å². The number of hydrogen-bond acceptors (Lipinski definition) is 6. The van der Waals surface area contributed by atoms with E-state index in [2.05, 4.69) is 37.5 Å². The Morgan fingerprint density at radius 1 is 1.09 bits per heavy atom. The summed E-state index contributed by atoms with van der Waals surface area (Å²) in [7, 11) is 1.62. The number of hydrogen-bond donors (Lipinski definition) is 1. The van der Waals surface area contributed by atoms with Gasteiger partial charge in [0.05, 0.1) is 25.7 Å². The number of ether oxygens (including phenoxy) is 1. The summed E-state index contributed by atoms with van der Waals surface area (Å²) >= 11 is 0. The number of tetrazole rings is 1. The Kier molecular flexibility index (Phi) is 6.17. The number of aromatic amines is 1. The minimum absolute atomic E-state index is 0.0670.